The predicted octanol–water partition coefficient (Wildman–Crippen LogP) is 1.56. The molecule has 1 aromatic heterocycles. The van der Waals surface area contributed by atoms with Gasteiger partial charge in [-0.05, 0) is 29.4 Å². The van der Waals surface area contributed by atoms with Gasteiger partial charge in [0, 0.05) is 36.8 Å². The Hall–Kier alpha value is -3.08. The molecule has 138 valence electrons. The molecule has 0 bridgehead atoms. The molecule has 1 saturated heterocycles. The third-order valence-electron chi connectivity index (χ3n) is 4.19. The van der Waals surface area contributed by atoms with Crippen molar-refractivity contribution >= 4 is 34.6 Å². The van der Waals surface area contributed by atoms with Crippen molar-refractivity contribution in [2.45, 2.75) is 13.0 Å². The fourth-order valence-electron chi connectivity index (χ4n) is 2.99. The highest BCUT2D eigenvalue weighted by Crippen LogP contribution is 2.32. The summed E-state index contributed by atoms with van der Waals surface area (Å²) < 4.78 is 4.56. The lowest BCUT2D eigenvalue weighted by atomic mass is 10.1. The first kappa shape index (κ1) is 17.7. The lowest BCUT2D eigenvalue weighted by molar-refractivity contribution is -0.384. The number of anilines is 2. The van der Waals surface area contributed by atoms with Crippen LogP contribution in [0.1, 0.15) is 12.6 Å². The molecule has 1 unspecified atom stereocenters. The number of piperazine rings is 1. The molecule has 12 heteroatoms. The smallest absolute Gasteiger partial charge is 0.294 e. The summed E-state index contributed by atoms with van der Waals surface area (Å²) in [5, 5.41) is 31.4. The number of nitrogen functional groups attached to an aromatic ring is 1. The van der Waals surface area contributed by atoms with Gasteiger partial charge < -0.3 is 20.7 Å². The summed E-state index contributed by atoms with van der Waals surface area (Å²) in [5.74, 6) is 0.155. The van der Waals surface area contributed by atoms with E-state index in [9.17, 15) is 15.3 Å². The monoisotopic (exact) mass is 381 g/mol. The van der Waals surface area contributed by atoms with Crippen molar-refractivity contribution in [3.05, 3.63) is 39.0 Å². The Morgan fingerprint density at radius 2 is 2.27 bits per heavy atom. The van der Waals surface area contributed by atoms with Crippen molar-refractivity contribution in [1.82, 2.24) is 15.2 Å². The number of rotatable bonds is 3. The minimum Gasteiger partial charge on any atom is -0.409 e. The van der Waals surface area contributed by atoms with E-state index in [-0.39, 0.29) is 29.1 Å². The number of aromatic nitrogens is 2. The Bertz CT molecular complexity index is 856. The van der Waals surface area contributed by atoms with Gasteiger partial charge in [0.1, 0.15) is 5.69 Å². The Morgan fingerprint density at radius 3 is 2.85 bits per heavy atom. The van der Waals surface area contributed by atoms with Gasteiger partial charge >= 0.3 is 0 Å². The lowest BCUT2D eigenvalue weighted by Gasteiger charge is -2.41. The summed E-state index contributed by atoms with van der Waals surface area (Å²) in [6, 6.07) is 4.42. The lowest BCUT2D eigenvalue weighted by Crippen LogP contribution is -2.54. The molecule has 0 spiro atoms. The molecule has 0 saturated carbocycles. The summed E-state index contributed by atoms with van der Waals surface area (Å²) in [6.45, 7) is 3.22. The average molecular weight is 382 g/mol. The van der Waals surface area contributed by atoms with Crippen LogP contribution in [0.15, 0.2) is 28.0 Å². The van der Waals surface area contributed by atoms with Crippen LogP contribution in [0.5, 0.6) is 0 Å². The first-order chi connectivity index (χ1) is 12.4. The molecule has 1 aliphatic rings. The molecule has 3 rings (SSSR count). The normalized spacial score (nSPS) is 18.2. The number of hydrogen-bond donors (Lipinski definition) is 2. The van der Waals surface area contributed by atoms with E-state index in [1.165, 1.54) is 6.07 Å². The van der Waals surface area contributed by atoms with E-state index in [0.717, 1.165) is 0 Å². The van der Waals surface area contributed by atoms with Crippen LogP contribution in [-0.2, 0) is 0 Å². The van der Waals surface area contributed by atoms with Crippen LogP contribution in [0.4, 0.5) is 17.2 Å². The number of hydrogen-bond acceptors (Lipinski definition) is 9. The van der Waals surface area contributed by atoms with Crippen molar-refractivity contribution in [3.63, 3.8) is 0 Å². The van der Waals surface area contributed by atoms with Gasteiger partial charge in [0.15, 0.2) is 11.5 Å². The summed E-state index contributed by atoms with van der Waals surface area (Å²) in [5.41, 5.74) is 6.24. The summed E-state index contributed by atoms with van der Waals surface area (Å²) in [6.07, 6.45) is 0. The second-order valence-corrected chi connectivity index (χ2v) is 6.24. The molecule has 2 aromatic rings. The number of halogens is 1. The van der Waals surface area contributed by atoms with Crippen molar-refractivity contribution in [2.24, 2.45) is 5.16 Å². The molecule has 26 heavy (non-hydrogen) atoms. The Kier molecular flexibility index (Phi) is 4.80. The highest BCUT2D eigenvalue weighted by molar-refractivity contribution is 6.30. The second kappa shape index (κ2) is 7.04. The van der Waals surface area contributed by atoms with Gasteiger partial charge in [0.25, 0.3) is 5.69 Å². The van der Waals surface area contributed by atoms with E-state index in [0.29, 0.717) is 30.3 Å². The first-order valence-corrected chi connectivity index (χ1v) is 8.06. The summed E-state index contributed by atoms with van der Waals surface area (Å²) >= 11 is 5.88. The standard InChI is InChI=1S/C14H16ClN7O4/c1-8-7-20(10-3-2-9(15)6-11(10)22(24)25)4-5-21(8)14(17-23)12-13(16)19-26-18-12/h2-3,6,8,23H,4-5,7H2,1H3,(H2,16,19)/b17-14+. The number of benzene rings is 1. The highest BCUT2D eigenvalue weighted by atomic mass is 35.5. The zero-order chi connectivity index (χ0) is 18.8. The highest BCUT2D eigenvalue weighted by Gasteiger charge is 2.32. The van der Waals surface area contributed by atoms with E-state index in [4.69, 9.17) is 17.3 Å². The second-order valence-electron chi connectivity index (χ2n) is 5.80. The van der Waals surface area contributed by atoms with E-state index in [2.05, 4.69) is 20.1 Å². The third kappa shape index (κ3) is 3.20. The van der Waals surface area contributed by atoms with Gasteiger partial charge in [-0.3, -0.25) is 10.1 Å². The minimum atomic E-state index is -0.458. The average Bonchev–Trinajstić information content (AvgIpc) is 3.03. The molecular formula is C14H16ClN7O4. The van der Waals surface area contributed by atoms with Crippen molar-refractivity contribution < 1.29 is 14.8 Å². The molecule has 11 nitrogen and oxygen atoms in total. The maximum absolute atomic E-state index is 11.3. The van der Waals surface area contributed by atoms with Crippen LogP contribution >= 0.6 is 11.6 Å². The van der Waals surface area contributed by atoms with Gasteiger partial charge in [-0.1, -0.05) is 16.8 Å². The molecule has 0 amide bonds. The van der Waals surface area contributed by atoms with Crippen molar-refractivity contribution in [3.8, 4) is 0 Å². The number of nitro groups is 1. The number of nitrogens with two attached hydrogens (primary N) is 1. The Labute approximate surface area is 152 Å². The van der Waals surface area contributed by atoms with Crippen LogP contribution in [-0.4, -0.2) is 56.9 Å². The maximum atomic E-state index is 11.3. The summed E-state index contributed by atoms with van der Waals surface area (Å²) in [7, 11) is 0. The minimum absolute atomic E-state index is 0.0146. The SMILES string of the molecule is CC1CN(c2ccc(Cl)cc2[N+](=O)[O-])CCN1/C(=N/O)c1nonc1N. The topological polar surface area (TPSA) is 147 Å². The van der Waals surface area contributed by atoms with Crippen molar-refractivity contribution in [2.75, 3.05) is 30.3 Å². The van der Waals surface area contributed by atoms with Crippen LogP contribution in [0.2, 0.25) is 5.02 Å². The zero-order valence-electron chi connectivity index (χ0n) is 13.7. The predicted molar refractivity (Wildman–Crippen MR) is 93.5 cm³/mol. The van der Waals surface area contributed by atoms with Gasteiger partial charge in [-0.2, -0.15) is 0 Å². The van der Waals surface area contributed by atoms with Crippen LogP contribution in [0, 0.1) is 10.1 Å². The quantitative estimate of drug-likeness (QED) is 0.265. The Balaban J connectivity index is 1.83. The van der Waals surface area contributed by atoms with Gasteiger partial charge in [-0.25, -0.2) is 4.63 Å². The molecule has 3 N–H and O–H groups in total. The van der Waals surface area contributed by atoms with Crippen molar-refractivity contribution in [1.29, 1.82) is 0 Å². The van der Waals surface area contributed by atoms with Crippen LogP contribution in [0.25, 0.3) is 0 Å². The number of oxime groups is 1. The molecule has 1 fully saturated rings. The molecule has 1 aromatic carbocycles. The maximum Gasteiger partial charge on any atom is 0.294 e. The largest absolute Gasteiger partial charge is 0.409 e. The first-order valence-electron chi connectivity index (χ1n) is 7.68. The van der Waals surface area contributed by atoms with E-state index >= 15 is 0 Å². The number of amidine groups is 1. The van der Waals surface area contributed by atoms with Gasteiger partial charge in [0.05, 0.1) is 4.92 Å². The van der Waals surface area contributed by atoms with Crippen LogP contribution < -0.4 is 10.6 Å². The third-order valence-corrected chi connectivity index (χ3v) is 4.43. The zero-order valence-corrected chi connectivity index (χ0v) is 14.5. The van der Waals surface area contributed by atoms with E-state index < -0.39 is 4.92 Å². The molecular weight excluding hydrogens is 366 g/mol. The van der Waals surface area contributed by atoms with Gasteiger partial charge in [-0.15, -0.1) is 0 Å². The van der Waals surface area contributed by atoms with E-state index in [1.54, 1.807) is 17.0 Å². The van der Waals surface area contributed by atoms with Crippen LogP contribution in [0.3, 0.4) is 0 Å². The van der Waals surface area contributed by atoms with E-state index in [1.807, 2.05) is 11.8 Å². The number of nitrogens with zero attached hydrogens (tertiary/aromatic N) is 6. The number of nitro benzene ring substituents is 1. The molecule has 2 heterocycles. The fraction of sp³-hybridized carbons (Fsp3) is 0.357. The molecule has 0 radical (unpaired) electrons. The van der Waals surface area contributed by atoms with Gasteiger partial charge in [0.2, 0.25) is 5.84 Å². The molecule has 1 aliphatic heterocycles. The Morgan fingerprint density at radius 1 is 1.50 bits per heavy atom. The fourth-order valence-corrected chi connectivity index (χ4v) is 3.16. The molecule has 0 aliphatic carbocycles. The summed E-state index contributed by atoms with van der Waals surface area (Å²) in [4.78, 5) is 14.5. The molecule has 1 atom stereocenters.